The molecular weight excluding hydrogens is 447 g/mol. The number of anilines is 1. The predicted octanol–water partition coefficient (Wildman–Crippen LogP) is 6.32. The van der Waals surface area contributed by atoms with Crippen molar-refractivity contribution < 1.29 is 18.4 Å². The van der Waals surface area contributed by atoms with Crippen molar-refractivity contribution in [3.8, 4) is 0 Å². The van der Waals surface area contributed by atoms with Crippen LogP contribution in [0.25, 0.3) is 0 Å². The number of ether oxygens (including phenoxy) is 1. The van der Waals surface area contributed by atoms with Crippen LogP contribution < -0.4 is 5.32 Å². The van der Waals surface area contributed by atoms with Gasteiger partial charge in [-0.15, -0.1) is 0 Å². The molecule has 0 spiro atoms. The van der Waals surface area contributed by atoms with Crippen molar-refractivity contribution in [2.75, 3.05) is 30.8 Å². The molecule has 0 radical (unpaired) electrons. The van der Waals surface area contributed by atoms with E-state index in [1.54, 1.807) is 12.1 Å². The van der Waals surface area contributed by atoms with Gasteiger partial charge in [0, 0.05) is 29.3 Å². The number of carbonyl (C=O) groups excluding carboxylic acids is 1. The Labute approximate surface area is 204 Å². The van der Waals surface area contributed by atoms with Gasteiger partial charge in [0.2, 0.25) is 0 Å². The standard InChI is InChI=1S/C28H29FN2O2S/c29-24-12-10-21(11-13-24)18-23-6-4-5-9-26(23)30-28(32)33-27-19-31(16-14-22(27)15-17-31)20-34-25-7-2-1-3-8-25/h1-13,22,27H,14-20H2/p+1. The monoisotopic (exact) mass is 477 g/mol. The summed E-state index contributed by atoms with van der Waals surface area (Å²) in [6.07, 6.45) is 2.38. The van der Waals surface area contributed by atoms with Crippen molar-refractivity contribution in [2.45, 2.75) is 30.3 Å². The summed E-state index contributed by atoms with van der Waals surface area (Å²) in [7, 11) is 0. The minimum atomic E-state index is -0.390. The molecule has 1 atom stereocenters. The number of thioether (sulfide) groups is 1. The fraction of sp³-hybridized carbons (Fsp3) is 0.321. The molecule has 1 amide bonds. The van der Waals surface area contributed by atoms with Gasteiger partial charge < -0.3 is 9.22 Å². The number of fused-ring (bicyclic) bond motifs is 3. The third kappa shape index (κ3) is 5.45. The molecule has 0 saturated carbocycles. The van der Waals surface area contributed by atoms with E-state index in [2.05, 4.69) is 29.6 Å². The molecule has 176 valence electrons. The third-order valence-electron chi connectivity index (χ3n) is 7.11. The number of piperidine rings is 3. The molecule has 3 fully saturated rings. The van der Waals surface area contributed by atoms with Crippen molar-refractivity contribution in [2.24, 2.45) is 5.92 Å². The summed E-state index contributed by atoms with van der Waals surface area (Å²) >= 11 is 1.89. The molecule has 3 aliphatic rings. The summed E-state index contributed by atoms with van der Waals surface area (Å²) in [5.74, 6) is 1.21. The smallest absolute Gasteiger partial charge is 0.412 e. The normalized spacial score (nSPS) is 23.4. The van der Waals surface area contributed by atoms with Gasteiger partial charge in [0.15, 0.2) is 6.10 Å². The Morgan fingerprint density at radius 1 is 0.971 bits per heavy atom. The first kappa shape index (κ1) is 22.9. The van der Waals surface area contributed by atoms with Gasteiger partial charge in [-0.05, 0) is 47.9 Å². The zero-order chi connectivity index (χ0) is 23.4. The molecule has 3 aliphatic heterocycles. The quantitative estimate of drug-likeness (QED) is 0.319. The average molecular weight is 478 g/mol. The zero-order valence-corrected chi connectivity index (χ0v) is 20.0. The van der Waals surface area contributed by atoms with Crippen molar-refractivity contribution in [1.29, 1.82) is 0 Å². The van der Waals surface area contributed by atoms with Crippen molar-refractivity contribution >= 4 is 23.5 Å². The van der Waals surface area contributed by atoms with Gasteiger partial charge in [0.25, 0.3) is 0 Å². The largest absolute Gasteiger partial charge is 0.440 e. The summed E-state index contributed by atoms with van der Waals surface area (Å²) in [6, 6.07) is 24.7. The molecule has 34 heavy (non-hydrogen) atoms. The van der Waals surface area contributed by atoms with Crippen molar-refractivity contribution in [1.82, 2.24) is 0 Å². The lowest BCUT2D eigenvalue weighted by atomic mass is 9.84. The van der Waals surface area contributed by atoms with E-state index in [1.165, 1.54) is 17.0 Å². The molecule has 3 aromatic rings. The predicted molar refractivity (Wildman–Crippen MR) is 134 cm³/mol. The molecular formula is C28H30FN2O2S+. The van der Waals surface area contributed by atoms with Crippen LogP contribution in [-0.2, 0) is 11.2 Å². The molecule has 1 unspecified atom stereocenters. The Morgan fingerprint density at radius 2 is 1.68 bits per heavy atom. The molecule has 2 bridgehead atoms. The van der Waals surface area contributed by atoms with Gasteiger partial charge in [-0.25, -0.2) is 9.18 Å². The highest BCUT2D eigenvalue weighted by molar-refractivity contribution is 7.99. The molecule has 3 saturated heterocycles. The maximum atomic E-state index is 13.2. The van der Waals surface area contributed by atoms with Gasteiger partial charge in [0.1, 0.15) is 18.2 Å². The Hall–Kier alpha value is -2.83. The van der Waals surface area contributed by atoms with Crippen LogP contribution >= 0.6 is 11.8 Å². The summed E-state index contributed by atoms with van der Waals surface area (Å²) in [4.78, 5) is 14.2. The molecule has 0 aliphatic carbocycles. The lowest BCUT2D eigenvalue weighted by Gasteiger charge is -2.51. The van der Waals surface area contributed by atoms with E-state index in [9.17, 15) is 9.18 Å². The van der Waals surface area contributed by atoms with E-state index in [0.717, 1.165) is 59.7 Å². The van der Waals surface area contributed by atoms with E-state index in [-0.39, 0.29) is 18.0 Å². The van der Waals surface area contributed by atoms with Crippen LogP contribution in [0.1, 0.15) is 24.0 Å². The molecule has 3 heterocycles. The van der Waals surface area contributed by atoms with Gasteiger partial charge >= 0.3 is 6.09 Å². The second-order valence-corrected chi connectivity index (χ2v) is 10.4. The number of carbonyl (C=O) groups is 1. The van der Waals surface area contributed by atoms with Crippen LogP contribution in [0.5, 0.6) is 0 Å². The van der Waals surface area contributed by atoms with Gasteiger partial charge in [-0.3, -0.25) is 5.32 Å². The fourth-order valence-electron chi connectivity index (χ4n) is 5.16. The maximum absolute atomic E-state index is 13.2. The fourth-order valence-corrected chi connectivity index (χ4v) is 6.30. The number of nitrogens with zero attached hydrogens (tertiary/aromatic N) is 1. The number of rotatable bonds is 7. The van der Waals surface area contributed by atoms with E-state index in [4.69, 9.17) is 4.74 Å². The van der Waals surface area contributed by atoms with Crippen LogP contribution in [0.2, 0.25) is 0 Å². The number of para-hydroxylation sites is 1. The molecule has 0 aromatic heterocycles. The van der Waals surface area contributed by atoms with Crippen LogP contribution in [0.15, 0.2) is 83.8 Å². The number of hydrogen-bond donors (Lipinski definition) is 1. The Kier molecular flexibility index (Phi) is 6.88. The molecule has 6 rings (SSSR count). The van der Waals surface area contributed by atoms with Crippen LogP contribution in [-0.4, -0.2) is 42.2 Å². The van der Waals surface area contributed by atoms with Crippen LogP contribution in [0.4, 0.5) is 14.9 Å². The Bertz CT molecular complexity index is 1110. The minimum Gasteiger partial charge on any atom is -0.440 e. The van der Waals surface area contributed by atoms with Crippen LogP contribution in [0.3, 0.4) is 0 Å². The number of hydrogen-bond acceptors (Lipinski definition) is 3. The molecule has 1 N–H and O–H groups in total. The first-order valence-corrected chi connectivity index (χ1v) is 12.9. The van der Waals surface area contributed by atoms with Gasteiger partial charge in [-0.2, -0.15) is 0 Å². The van der Waals surface area contributed by atoms with E-state index in [1.807, 2.05) is 42.1 Å². The Morgan fingerprint density at radius 3 is 2.44 bits per heavy atom. The Balaban J connectivity index is 1.21. The van der Waals surface area contributed by atoms with Crippen molar-refractivity contribution in [3.05, 3.63) is 95.8 Å². The topological polar surface area (TPSA) is 38.3 Å². The maximum Gasteiger partial charge on any atom is 0.412 e. The highest BCUT2D eigenvalue weighted by Gasteiger charge is 2.47. The first-order chi connectivity index (χ1) is 16.6. The molecule has 3 aromatic carbocycles. The summed E-state index contributed by atoms with van der Waals surface area (Å²) in [5, 5.41) is 2.97. The van der Waals surface area contributed by atoms with Gasteiger partial charge in [-0.1, -0.05) is 60.3 Å². The lowest BCUT2D eigenvalue weighted by molar-refractivity contribution is -0.934. The average Bonchev–Trinajstić information content (AvgIpc) is 2.87. The minimum absolute atomic E-state index is 0.0527. The zero-order valence-electron chi connectivity index (χ0n) is 19.2. The number of nitrogens with one attached hydrogen (secondary N) is 1. The van der Waals surface area contributed by atoms with Crippen LogP contribution in [0, 0.1) is 11.7 Å². The number of quaternary nitrogens is 1. The van der Waals surface area contributed by atoms with E-state index >= 15 is 0 Å². The SMILES string of the molecule is O=C(Nc1ccccc1Cc1ccc(F)cc1)OC1C[N+]2(CSc3ccccc3)CCC1CC2. The van der Waals surface area contributed by atoms with E-state index < -0.39 is 0 Å². The number of halogens is 1. The third-order valence-corrected chi connectivity index (χ3v) is 8.39. The lowest BCUT2D eigenvalue weighted by Crippen LogP contribution is -2.64. The molecule has 4 nitrogen and oxygen atoms in total. The summed E-state index contributed by atoms with van der Waals surface area (Å²) < 4.78 is 20.3. The number of amides is 1. The first-order valence-electron chi connectivity index (χ1n) is 11.9. The summed E-state index contributed by atoms with van der Waals surface area (Å²) in [6.45, 7) is 3.20. The second-order valence-electron chi connectivity index (χ2n) is 9.42. The summed E-state index contributed by atoms with van der Waals surface area (Å²) in [5.41, 5.74) is 2.70. The highest BCUT2D eigenvalue weighted by atomic mass is 32.2. The molecule has 6 heteroatoms. The second kappa shape index (κ2) is 10.2. The van der Waals surface area contributed by atoms with Gasteiger partial charge in [0.05, 0.1) is 13.1 Å². The highest BCUT2D eigenvalue weighted by Crippen LogP contribution is 2.38. The van der Waals surface area contributed by atoms with E-state index in [0.29, 0.717) is 12.3 Å². The number of benzene rings is 3. The van der Waals surface area contributed by atoms with Crippen molar-refractivity contribution in [3.63, 3.8) is 0 Å².